The monoisotopic (exact) mass is 282 g/mol. The molecule has 0 unspecified atom stereocenters. The zero-order chi connectivity index (χ0) is 14.7. The minimum absolute atomic E-state index is 0.213. The molecule has 0 fully saturated rings. The maximum atomic E-state index is 14.4. The number of halogens is 1. The highest BCUT2D eigenvalue weighted by atomic mass is 19.1. The Labute approximate surface area is 122 Å². The van der Waals surface area contributed by atoms with Crippen molar-refractivity contribution in [3.63, 3.8) is 0 Å². The normalized spacial score (nSPS) is 10.8. The smallest absolute Gasteiger partial charge is 0.190 e. The van der Waals surface area contributed by atoms with Crippen molar-refractivity contribution < 1.29 is 4.39 Å². The van der Waals surface area contributed by atoms with Crippen LogP contribution in [0.4, 0.5) is 4.39 Å². The molecule has 0 amide bonds. The average Bonchev–Trinajstić information content (AvgIpc) is 3.00. The zero-order valence-electron chi connectivity index (χ0n) is 11.6. The summed E-state index contributed by atoms with van der Waals surface area (Å²) in [6, 6.07) is 11.5. The molecule has 3 rings (SSSR count). The first-order chi connectivity index (χ1) is 10.3. The van der Waals surface area contributed by atoms with Crippen LogP contribution in [0.25, 0.3) is 16.9 Å². The highest BCUT2D eigenvalue weighted by Gasteiger charge is 2.12. The van der Waals surface area contributed by atoms with Crippen molar-refractivity contribution in [1.82, 2.24) is 20.1 Å². The van der Waals surface area contributed by atoms with Gasteiger partial charge in [-0.05, 0) is 18.7 Å². The lowest BCUT2D eigenvalue weighted by molar-refractivity contribution is 0.577. The highest BCUT2D eigenvalue weighted by Crippen LogP contribution is 2.20. The Hall–Kier alpha value is -2.53. The van der Waals surface area contributed by atoms with Crippen LogP contribution in [-0.2, 0) is 6.54 Å². The summed E-state index contributed by atoms with van der Waals surface area (Å²) in [4.78, 5) is 4.10. The molecule has 0 spiro atoms. The molecule has 1 N–H and O–H groups in total. The van der Waals surface area contributed by atoms with E-state index in [2.05, 4.69) is 15.4 Å². The Morgan fingerprint density at radius 1 is 1.14 bits per heavy atom. The molecule has 0 aliphatic carbocycles. The fourth-order valence-electron chi connectivity index (χ4n) is 2.18. The summed E-state index contributed by atoms with van der Waals surface area (Å²) < 4.78 is 15.9. The number of hydrogen-bond donors (Lipinski definition) is 1. The summed E-state index contributed by atoms with van der Waals surface area (Å²) in [5.41, 5.74) is 2.53. The van der Waals surface area contributed by atoms with Crippen LogP contribution in [0.15, 0.2) is 55.0 Å². The third kappa shape index (κ3) is 2.68. The molecule has 3 aromatic rings. The zero-order valence-corrected chi connectivity index (χ0v) is 11.6. The van der Waals surface area contributed by atoms with Crippen LogP contribution in [0.1, 0.15) is 5.56 Å². The van der Waals surface area contributed by atoms with Crippen LogP contribution in [0.5, 0.6) is 0 Å². The molecule has 0 aliphatic rings. The molecular formula is C16H15FN4. The molecule has 0 atom stereocenters. The fourth-order valence-corrected chi connectivity index (χ4v) is 2.18. The van der Waals surface area contributed by atoms with Crippen molar-refractivity contribution >= 4 is 0 Å². The second-order valence-corrected chi connectivity index (χ2v) is 4.68. The molecule has 21 heavy (non-hydrogen) atoms. The molecule has 0 radical (unpaired) electrons. The number of nitrogens with one attached hydrogen (secondary N) is 1. The lowest BCUT2D eigenvalue weighted by Gasteiger charge is -2.06. The molecule has 0 saturated carbocycles. The van der Waals surface area contributed by atoms with Gasteiger partial charge in [-0.25, -0.2) is 14.1 Å². The van der Waals surface area contributed by atoms with Crippen LogP contribution in [0.2, 0.25) is 0 Å². The van der Waals surface area contributed by atoms with E-state index in [0.717, 1.165) is 11.1 Å². The van der Waals surface area contributed by atoms with Crippen LogP contribution in [0, 0.1) is 5.82 Å². The summed E-state index contributed by atoms with van der Waals surface area (Å²) in [7, 11) is 1.78. The van der Waals surface area contributed by atoms with E-state index in [1.807, 2.05) is 30.3 Å². The van der Waals surface area contributed by atoms with E-state index in [-0.39, 0.29) is 11.6 Å². The minimum atomic E-state index is -0.352. The summed E-state index contributed by atoms with van der Waals surface area (Å²) in [5, 5.41) is 7.16. The van der Waals surface area contributed by atoms with Crippen LogP contribution >= 0.6 is 0 Å². The Bertz CT molecular complexity index is 737. The summed E-state index contributed by atoms with van der Waals surface area (Å²) in [5.74, 6) is -0.139. The van der Waals surface area contributed by atoms with E-state index in [1.165, 1.54) is 4.68 Å². The number of hydrogen-bond acceptors (Lipinski definition) is 3. The minimum Gasteiger partial charge on any atom is -0.316 e. The van der Waals surface area contributed by atoms with Crippen molar-refractivity contribution in [2.45, 2.75) is 6.54 Å². The van der Waals surface area contributed by atoms with Crippen molar-refractivity contribution in [3.8, 4) is 16.9 Å². The molecule has 5 heteroatoms. The lowest BCUT2D eigenvalue weighted by atomic mass is 10.1. The highest BCUT2D eigenvalue weighted by molar-refractivity contribution is 5.61. The van der Waals surface area contributed by atoms with E-state index in [0.29, 0.717) is 12.1 Å². The molecule has 0 aliphatic heterocycles. The Kier molecular flexibility index (Phi) is 3.75. The number of nitrogens with zero attached hydrogens (tertiary/aromatic N) is 3. The standard InChI is InChI=1S/C16H15FN4/c1-18-9-13-7-8-19-16(15(13)17)21-11-14(10-20-21)12-5-3-2-4-6-12/h2-8,10-11,18H,9H2,1H3. The van der Waals surface area contributed by atoms with Gasteiger partial charge in [-0.3, -0.25) is 0 Å². The topological polar surface area (TPSA) is 42.7 Å². The summed E-state index contributed by atoms with van der Waals surface area (Å²) >= 11 is 0. The lowest BCUT2D eigenvalue weighted by Crippen LogP contribution is -2.10. The first-order valence-electron chi connectivity index (χ1n) is 6.68. The molecule has 1 aromatic carbocycles. The second-order valence-electron chi connectivity index (χ2n) is 4.68. The van der Waals surface area contributed by atoms with Gasteiger partial charge in [0.25, 0.3) is 0 Å². The number of rotatable bonds is 4. The van der Waals surface area contributed by atoms with Crippen molar-refractivity contribution in [2.75, 3.05) is 7.05 Å². The molecule has 2 heterocycles. The second kappa shape index (κ2) is 5.85. The van der Waals surface area contributed by atoms with Gasteiger partial charge in [-0.15, -0.1) is 0 Å². The predicted molar refractivity (Wildman–Crippen MR) is 79.5 cm³/mol. The molecule has 106 valence electrons. The molecule has 2 aromatic heterocycles. The van der Waals surface area contributed by atoms with E-state index in [4.69, 9.17) is 0 Å². The van der Waals surface area contributed by atoms with Gasteiger partial charge in [-0.1, -0.05) is 30.3 Å². The number of benzene rings is 1. The van der Waals surface area contributed by atoms with Crippen LogP contribution < -0.4 is 5.32 Å². The van der Waals surface area contributed by atoms with Gasteiger partial charge in [0.2, 0.25) is 0 Å². The van der Waals surface area contributed by atoms with Gasteiger partial charge in [-0.2, -0.15) is 5.10 Å². The van der Waals surface area contributed by atoms with Gasteiger partial charge in [0.15, 0.2) is 11.6 Å². The fraction of sp³-hybridized carbons (Fsp3) is 0.125. The first kappa shape index (κ1) is 13.5. The predicted octanol–water partition coefficient (Wildman–Crippen LogP) is 2.79. The largest absolute Gasteiger partial charge is 0.316 e. The maximum absolute atomic E-state index is 14.4. The van der Waals surface area contributed by atoms with E-state index in [1.54, 1.807) is 31.7 Å². The Morgan fingerprint density at radius 3 is 2.71 bits per heavy atom. The van der Waals surface area contributed by atoms with Gasteiger partial charge in [0, 0.05) is 30.1 Å². The van der Waals surface area contributed by atoms with Gasteiger partial charge in [0.1, 0.15) is 0 Å². The summed E-state index contributed by atoms with van der Waals surface area (Å²) in [6.45, 7) is 0.453. The quantitative estimate of drug-likeness (QED) is 0.800. The van der Waals surface area contributed by atoms with Gasteiger partial charge < -0.3 is 5.32 Å². The number of aromatic nitrogens is 3. The van der Waals surface area contributed by atoms with Gasteiger partial charge >= 0.3 is 0 Å². The van der Waals surface area contributed by atoms with Crippen molar-refractivity contribution in [1.29, 1.82) is 0 Å². The number of pyridine rings is 1. The third-order valence-electron chi connectivity index (χ3n) is 3.22. The van der Waals surface area contributed by atoms with Gasteiger partial charge in [0.05, 0.1) is 6.20 Å². The molecule has 0 bridgehead atoms. The third-order valence-corrected chi connectivity index (χ3v) is 3.22. The van der Waals surface area contributed by atoms with Crippen molar-refractivity contribution in [2.24, 2.45) is 0 Å². The van der Waals surface area contributed by atoms with E-state index >= 15 is 0 Å². The van der Waals surface area contributed by atoms with Crippen LogP contribution in [0.3, 0.4) is 0 Å². The molecular weight excluding hydrogens is 267 g/mol. The van der Waals surface area contributed by atoms with Crippen LogP contribution in [-0.4, -0.2) is 21.8 Å². The maximum Gasteiger partial charge on any atom is 0.190 e. The molecule has 0 saturated heterocycles. The SMILES string of the molecule is CNCc1ccnc(-n2cc(-c3ccccc3)cn2)c1F. The Morgan fingerprint density at radius 2 is 1.95 bits per heavy atom. The first-order valence-corrected chi connectivity index (χ1v) is 6.68. The van der Waals surface area contributed by atoms with E-state index in [9.17, 15) is 4.39 Å². The Balaban J connectivity index is 1.99. The van der Waals surface area contributed by atoms with E-state index < -0.39 is 0 Å². The summed E-state index contributed by atoms with van der Waals surface area (Å²) in [6.07, 6.45) is 5.08. The van der Waals surface area contributed by atoms with Crippen molar-refractivity contribution in [3.05, 3.63) is 66.4 Å². The molecule has 4 nitrogen and oxygen atoms in total. The average molecular weight is 282 g/mol.